The minimum absolute atomic E-state index is 0.0440. The van der Waals surface area contributed by atoms with Gasteiger partial charge in [-0.25, -0.2) is 0 Å². The van der Waals surface area contributed by atoms with Gasteiger partial charge in [-0.3, -0.25) is 9.69 Å². The molecule has 0 spiro atoms. The van der Waals surface area contributed by atoms with Crippen LogP contribution in [0.3, 0.4) is 0 Å². The van der Waals surface area contributed by atoms with E-state index in [2.05, 4.69) is 51.6 Å². The van der Waals surface area contributed by atoms with Crippen molar-refractivity contribution in [1.82, 2.24) is 15.2 Å². The molecule has 26 heavy (non-hydrogen) atoms. The van der Waals surface area contributed by atoms with Gasteiger partial charge < -0.3 is 10.3 Å². The molecular formula is C22H23N3O. The number of H-pyrrole nitrogens is 1. The maximum absolute atomic E-state index is 12.5. The summed E-state index contributed by atoms with van der Waals surface area (Å²) in [7, 11) is 0. The smallest absolute Gasteiger partial charge is 0.228 e. The van der Waals surface area contributed by atoms with Crippen LogP contribution in [0.4, 0.5) is 0 Å². The molecule has 1 aliphatic heterocycles. The molecular weight excluding hydrogens is 322 g/mol. The largest absolute Gasteiger partial charge is 0.361 e. The number of carbonyl (C=O) groups excluding carboxylic acids is 1. The minimum atomic E-state index is 0.0440. The average Bonchev–Trinajstić information content (AvgIpc) is 3.06. The Labute approximate surface area is 153 Å². The number of para-hydroxylation sites is 1. The van der Waals surface area contributed by atoms with E-state index in [1.807, 2.05) is 30.5 Å². The van der Waals surface area contributed by atoms with Gasteiger partial charge in [0, 0.05) is 42.4 Å². The molecule has 1 aliphatic rings. The van der Waals surface area contributed by atoms with Gasteiger partial charge in [0.1, 0.15) is 0 Å². The van der Waals surface area contributed by atoms with E-state index < -0.39 is 0 Å². The summed E-state index contributed by atoms with van der Waals surface area (Å²) in [4.78, 5) is 18.1. The zero-order valence-corrected chi connectivity index (χ0v) is 14.7. The molecule has 4 rings (SSSR count). The number of nitrogens with one attached hydrogen (secondary N) is 2. The van der Waals surface area contributed by atoms with Gasteiger partial charge in [0.2, 0.25) is 5.91 Å². The van der Waals surface area contributed by atoms with E-state index in [0.717, 1.165) is 48.2 Å². The first-order valence-electron chi connectivity index (χ1n) is 9.08. The van der Waals surface area contributed by atoms with Crippen molar-refractivity contribution in [3.05, 3.63) is 83.7 Å². The zero-order valence-electron chi connectivity index (χ0n) is 14.7. The zero-order chi connectivity index (χ0) is 17.8. The van der Waals surface area contributed by atoms with Gasteiger partial charge in [0.25, 0.3) is 0 Å². The molecule has 2 heterocycles. The van der Waals surface area contributed by atoms with Crippen LogP contribution in [0.5, 0.6) is 0 Å². The fourth-order valence-electron chi connectivity index (χ4n) is 3.55. The van der Waals surface area contributed by atoms with Crippen LogP contribution in [-0.4, -0.2) is 28.9 Å². The summed E-state index contributed by atoms with van der Waals surface area (Å²) in [6, 6.07) is 18.5. The standard InChI is InChI=1S/C22H23N3O/c26-22(13-18-14-23-21-11-5-4-10-20(18)21)24-19-9-6-12-25(16-19)15-17-7-2-1-3-8-17/h1-5,7-11,14,23H,6,12-13,15-16H2,(H,24,26). The van der Waals surface area contributed by atoms with Crippen molar-refractivity contribution < 1.29 is 4.79 Å². The van der Waals surface area contributed by atoms with E-state index >= 15 is 0 Å². The lowest BCUT2D eigenvalue weighted by molar-refractivity contribution is -0.119. The van der Waals surface area contributed by atoms with Crippen LogP contribution >= 0.6 is 0 Å². The predicted octanol–water partition coefficient (Wildman–Crippen LogP) is 3.62. The summed E-state index contributed by atoms with van der Waals surface area (Å²) < 4.78 is 0. The van der Waals surface area contributed by atoms with Crippen molar-refractivity contribution in [2.75, 3.05) is 13.1 Å². The number of fused-ring (bicyclic) bond motifs is 1. The highest BCUT2D eigenvalue weighted by molar-refractivity contribution is 5.89. The fourth-order valence-corrected chi connectivity index (χ4v) is 3.55. The number of hydrogen-bond donors (Lipinski definition) is 2. The first kappa shape index (κ1) is 16.6. The second kappa shape index (κ2) is 7.58. The third-order valence-corrected chi connectivity index (χ3v) is 4.80. The van der Waals surface area contributed by atoms with Gasteiger partial charge in [-0.2, -0.15) is 0 Å². The van der Waals surface area contributed by atoms with E-state index in [4.69, 9.17) is 0 Å². The lowest BCUT2D eigenvalue weighted by atomic mass is 10.1. The number of carbonyl (C=O) groups is 1. The Kier molecular flexibility index (Phi) is 4.84. The third-order valence-electron chi connectivity index (χ3n) is 4.80. The number of rotatable bonds is 5. The second-order valence-corrected chi connectivity index (χ2v) is 6.80. The number of aromatic nitrogens is 1. The summed E-state index contributed by atoms with van der Waals surface area (Å²) in [5.41, 5.74) is 4.42. The Bertz CT molecular complexity index is 927. The molecule has 4 heteroatoms. The van der Waals surface area contributed by atoms with Gasteiger partial charge in [0.05, 0.1) is 6.42 Å². The number of benzene rings is 2. The van der Waals surface area contributed by atoms with Gasteiger partial charge in [0.15, 0.2) is 0 Å². The van der Waals surface area contributed by atoms with Crippen molar-refractivity contribution in [1.29, 1.82) is 0 Å². The molecule has 1 amide bonds. The summed E-state index contributed by atoms with van der Waals surface area (Å²) >= 11 is 0. The van der Waals surface area contributed by atoms with Crippen LogP contribution in [-0.2, 0) is 17.8 Å². The molecule has 0 radical (unpaired) electrons. The van der Waals surface area contributed by atoms with Crippen molar-refractivity contribution in [3.63, 3.8) is 0 Å². The maximum Gasteiger partial charge on any atom is 0.228 e. The molecule has 0 atom stereocenters. The highest BCUT2D eigenvalue weighted by Crippen LogP contribution is 2.18. The molecule has 3 aromatic rings. The summed E-state index contributed by atoms with van der Waals surface area (Å²) in [5, 5.41) is 4.22. The van der Waals surface area contributed by atoms with E-state index in [1.165, 1.54) is 5.56 Å². The molecule has 2 aromatic carbocycles. The SMILES string of the molecule is O=C(Cc1c[nH]c2ccccc12)NC1=CCCN(Cc2ccccc2)C1. The monoisotopic (exact) mass is 345 g/mol. The molecule has 2 N–H and O–H groups in total. The quantitative estimate of drug-likeness (QED) is 0.742. The summed E-state index contributed by atoms with van der Waals surface area (Å²) in [5.74, 6) is 0.0440. The maximum atomic E-state index is 12.5. The molecule has 132 valence electrons. The van der Waals surface area contributed by atoms with Crippen molar-refractivity contribution in [2.24, 2.45) is 0 Å². The van der Waals surface area contributed by atoms with Crippen LogP contribution in [0, 0.1) is 0 Å². The van der Waals surface area contributed by atoms with E-state index in [1.54, 1.807) is 0 Å². The Balaban J connectivity index is 1.36. The van der Waals surface area contributed by atoms with Crippen LogP contribution in [0.25, 0.3) is 10.9 Å². The van der Waals surface area contributed by atoms with Gasteiger partial charge >= 0.3 is 0 Å². The van der Waals surface area contributed by atoms with Crippen LogP contribution in [0.2, 0.25) is 0 Å². The fraction of sp³-hybridized carbons (Fsp3) is 0.227. The van der Waals surface area contributed by atoms with Crippen LogP contribution in [0.1, 0.15) is 17.5 Å². The number of nitrogens with zero attached hydrogens (tertiary/aromatic N) is 1. The lowest BCUT2D eigenvalue weighted by Gasteiger charge is -2.27. The first-order valence-corrected chi connectivity index (χ1v) is 9.08. The molecule has 0 saturated carbocycles. The van der Waals surface area contributed by atoms with Gasteiger partial charge in [-0.05, 0) is 23.6 Å². The van der Waals surface area contributed by atoms with Gasteiger partial charge in [-0.15, -0.1) is 0 Å². The molecule has 1 aromatic heterocycles. The van der Waals surface area contributed by atoms with Crippen LogP contribution in [0.15, 0.2) is 72.6 Å². The highest BCUT2D eigenvalue weighted by atomic mass is 16.1. The van der Waals surface area contributed by atoms with Crippen molar-refractivity contribution in [3.8, 4) is 0 Å². The lowest BCUT2D eigenvalue weighted by Crippen LogP contribution is -2.36. The molecule has 0 saturated heterocycles. The Hall–Kier alpha value is -2.85. The Morgan fingerprint density at radius 1 is 1.08 bits per heavy atom. The average molecular weight is 345 g/mol. The first-order chi connectivity index (χ1) is 12.8. The molecule has 0 fully saturated rings. The number of hydrogen-bond acceptors (Lipinski definition) is 2. The Morgan fingerprint density at radius 2 is 1.88 bits per heavy atom. The Morgan fingerprint density at radius 3 is 2.77 bits per heavy atom. The van der Waals surface area contributed by atoms with Crippen molar-refractivity contribution >= 4 is 16.8 Å². The third kappa shape index (κ3) is 3.86. The molecule has 4 nitrogen and oxygen atoms in total. The predicted molar refractivity (Wildman–Crippen MR) is 105 cm³/mol. The van der Waals surface area contributed by atoms with Crippen LogP contribution < -0.4 is 5.32 Å². The topological polar surface area (TPSA) is 48.1 Å². The molecule has 0 unspecified atom stereocenters. The number of amides is 1. The number of aromatic amines is 1. The minimum Gasteiger partial charge on any atom is -0.361 e. The van der Waals surface area contributed by atoms with Crippen molar-refractivity contribution in [2.45, 2.75) is 19.4 Å². The normalized spacial score (nSPS) is 15.0. The van der Waals surface area contributed by atoms with E-state index in [-0.39, 0.29) is 5.91 Å². The highest BCUT2D eigenvalue weighted by Gasteiger charge is 2.16. The summed E-state index contributed by atoms with van der Waals surface area (Å²) in [6.45, 7) is 2.72. The van der Waals surface area contributed by atoms with E-state index in [0.29, 0.717) is 6.42 Å². The summed E-state index contributed by atoms with van der Waals surface area (Å²) in [6.07, 6.45) is 5.44. The van der Waals surface area contributed by atoms with E-state index in [9.17, 15) is 4.79 Å². The second-order valence-electron chi connectivity index (χ2n) is 6.80. The molecule has 0 aliphatic carbocycles. The van der Waals surface area contributed by atoms with Gasteiger partial charge in [-0.1, -0.05) is 54.6 Å². The molecule has 0 bridgehead atoms.